The number of hydrogen-bond acceptors (Lipinski definition) is 4. The van der Waals surface area contributed by atoms with Crippen LogP contribution in [0.5, 0.6) is 0 Å². The Kier molecular flexibility index (Phi) is 6.92. The molecule has 0 aliphatic heterocycles. The zero-order valence-electron chi connectivity index (χ0n) is 13.8. The quantitative estimate of drug-likeness (QED) is 0.363. The van der Waals surface area contributed by atoms with E-state index in [9.17, 15) is 9.59 Å². The van der Waals surface area contributed by atoms with Crippen molar-refractivity contribution >= 4 is 17.9 Å². The molecule has 5 nitrogen and oxygen atoms in total. The lowest BCUT2D eigenvalue weighted by molar-refractivity contribution is -0.125. The summed E-state index contributed by atoms with van der Waals surface area (Å²) in [6, 6.07) is 3.82. The average molecular weight is 303 g/mol. The Hall–Kier alpha value is -2.01. The van der Waals surface area contributed by atoms with Gasteiger partial charge in [-0.25, -0.2) is 5.01 Å². The Morgan fingerprint density at radius 2 is 1.73 bits per heavy atom. The van der Waals surface area contributed by atoms with Gasteiger partial charge < -0.3 is 5.73 Å². The third-order valence-corrected chi connectivity index (χ3v) is 3.51. The number of nitrogens with zero attached hydrogens (tertiary/aromatic N) is 2. The second-order valence-corrected chi connectivity index (χ2v) is 5.06. The fourth-order valence-corrected chi connectivity index (χ4v) is 2.32. The van der Waals surface area contributed by atoms with Gasteiger partial charge in [-0.05, 0) is 36.0 Å². The average Bonchev–Trinajstić information content (AvgIpc) is 2.56. The molecule has 0 spiro atoms. The Labute approximate surface area is 132 Å². The van der Waals surface area contributed by atoms with Crippen LogP contribution in [0.1, 0.15) is 54.2 Å². The molecule has 0 atom stereocenters. The molecule has 0 fully saturated rings. The summed E-state index contributed by atoms with van der Waals surface area (Å²) >= 11 is 0. The molecule has 0 radical (unpaired) electrons. The molecule has 22 heavy (non-hydrogen) atoms. The first-order valence-electron chi connectivity index (χ1n) is 7.69. The molecule has 0 unspecified atom stereocenters. The molecule has 0 aliphatic rings. The van der Waals surface area contributed by atoms with Crippen molar-refractivity contribution in [2.75, 3.05) is 7.05 Å². The molecular formula is C17H25N3O2. The maximum atomic E-state index is 12.6. The first-order valence-corrected chi connectivity index (χ1v) is 7.69. The van der Waals surface area contributed by atoms with Crippen LogP contribution in [0.15, 0.2) is 17.2 Å². The fourth-order valence-electron chi connectivity index (χ4n) is 2.32. The zero-order valence-corrected chi connectivity index (χ0v) is 13.8. The van der Waals surface area contributed by atoms with Gasteiger partial charge in [-0.3, -0.25) is 9.59 Å². The van der Waals surface area contributed by atoms with E-state index in [2.05, 4.69) is 5.10 Å². The predicted octanol–water partition coefficient (Wildman–Crippen LogP) is 2.31. The van der Waals surface area contributed by atoms with Gasteiger partial charge in [-0.15, -0.1) is 0 Å². The van der Waals surface area contributed by atoms with Gasteiger partial charge in [0.1, 0.15) is 0 Å². The first-order chi connectivity index (χ1) is 10.5. The molecule has 5 heteroatoms. The summed E-state index contributed by atoms with van der Waals surface area (Å²) in [6.07, 6.45) is 3.66. The number of rotatable bonds is 7. The van der Waals surface area contributed by atoms with E-state index >= 15 is 0 Å². The van der Waals surface area contributed by atoms with Crippen LogP contribution in [0.2, 0.25) is 0 Å². The second kappa shape index (κ2) is 8.44. The van der Waals surface area contributed by atoms with E-state index in [0.717, 1.165) is 21.7 Å². The SMILES string of the molecule is CCC=NN(C)C(=O)C(=O)c1c(CC)cc(CN)cc1CC. The lowest BCUT2D eigenvalue weighted by Gasteiger charge is -2.16. The number of carbonyl (C=O) groups excluding carboxylic acids is 2. The maximum absolute atomic E-state index is 12.6. The summed E-state index contributed by atoms with van der Waals surface area (Å²) in [5, 5.41) is 5.05. The summed E-state index contributed by atoms with van der Waals surface area (Å²) in [5.74, 6) is -1.12. The smallest absolute Gasteiger partial charge is 0.314 e. The molecule has 1 aromatic rings. The Bertz CT molecular complexity index is 554. The van der Waals surface area contributed by atoms with Gasteiger partial charge >= 0.3 is 5.91 Å². The van der Waals surface area contributed by atoms with Gasteiger partial charge in [-0.2, -0.15) is 5.10 Å². The lowest BCUT2D eigenvalue weighted by atomic mass is 9.91. The van der Waals surface area contributed by atoms with E-state index in [0.29, 0.717) is 31.4 Å². The monoisotopic (exact) mass is 303 g/mol. The molecule has 0 heterocycles. The van der Waals surface area contributed by atoms with Crippen molar-refractivity contribution < 1.29 is 9.59 Å². The molecule has 0 aliphatic carbocycles. The highest BCUT2D eigenvalue weighted by Crippen LogP contribution is 2.21. The highest BCUT2D eigenvalue weighted by Gasteiger charge is 2.25. The van der Waals surface area contributed by atoms with Crippen molar-refractivity contribution in [3.8, 4) is 0 Å². The fraction of sp³-hybridized carbons (Fsp3) is 0.471. The van der Waals surface area contributed by atoms with Crippen LogP contribution < -0.4 is 5.73 Å². The number of amides is 1. The van der Waals surface area contributed by atoms with Gasteiger partial charge in [0.15, 0.2) is 0 Å². The third kappa shape index (κ3) is 4.01. The highest BCUT2D eigenvalue weighted by atomic mass is 16.2. The normalized spacial score (nSPS) is 11.0. The van der Waals surface area contributed by atoms with Gasteiger partial charge in [0.05, 0.1) is 0 Å². The Morgan fingerprint density at radius 1 is 1.18 bits per heavy atom. The van der Waals surface area contributed by atoms with Gasteiger partial charge in [0.25, 0.3) is 5.78 Å². The summed E-state index contributed by atoms with van der Waals surface area (Å²) in [7, 11) is 1.50. The van der Waals surface area contributed by atoms with Crippen LogP contribution >= 0.6 is 0 Å². The summed E-state index contributed by atoms with van der Waals surface area (Å²) in [4.78, 5) is 24.9. The van der Waals surface area contributed by atoms with Crippen molar-refractivity contribution in [2.24, 2.45) is 10.8 Å². The largest absolute Gasteiger partial charge is 0.326 e. The van der Waals surface area contributed by atoms with E-state index in [4.69, 9.17) is 5.73 Å². The molecule has 0 saturated heterocycles. The number of likely N-dealkylation sites (N-methyl/N-ethyl adjacent to an activating group) is 1. The number of hydrazone groups is 1. The Morgan fingerprint density at radius 3 is 2.14 bits per heavy atom. The van der Waals surface area contributed by atoms with Crippen molar-refractivity contribution in [3.63, 3.8) is 0 Å². The van der Waals surface area contributed by atoms with Crippen molar-refractivity contribution in [1.82, 2.24) is 5.01 Å². The first kappa shape index (κ1) is 18.0. The molecule has 0 saturated carbocycles. The van der Waals surface area contributed by atoms with Gasteiger partial charge in [0, 0.05) is 25.4 Å². The van der Waals surface area contributed by atoms with Crippen LogP contribution in [0, 0.1) is 0 Å². The van der Waals surface area contributed by atoms with Crippen molar-refractivity contribution in [1.29, 1.82) is 0 Å². The number of nitrogens with two attached hydrogens (primary N) is 1. The zero-order chi connectivity index (χ0) is 16.7. The highest BCUT2D eigenvalue weighted by molar-refractivity contribution is 6.43. The lowest BCUT2D eigenvalue weighted by Crippen LogP contribution is -2.31. The minimum atomic E-state index is -0.616. The number of hydrogen-bond donors (Lipinski definition) is 1. The van der Waals surface area contributed by atoms with E-state index in [1.165, 1.54) is 7.05 Å². The van der Waals surface area contributed by atoms with E-state index < -0.39 is 11.7 Å². The van der Waals surface area contributed by atoms with E-state index in [-0.39, 0.29) is 0 Å². The Balaban J connectivity index is 3.26. The molecular weight excluding hydrogens is 278 g/mol. The van der Waals surface area contributed by atoms with Crippen LogP contribution in [0.4, 0.5) is 0 Å². The number of carbonyl (C=O) groups is 2. The van der Waals surface area contributed by atoms with Crippen molar-refractivity contribution in [2.45, 2.75) is 46.6 Å². The van der Waals surface area contributed by atoms with Crippen LogP contribution in [0.25, 0.3) is 0 Å². The van der Waals surface area contributed by atoms with Gasteiger partial charge in [-0.1, -0.05) is 32.9 Å². The molecule has 1 rings (SSSR count). The number of aryl methyl sites for hydroxylation is 2. The van der Waals surface area contributed by atoms with Crippen LogP contribution in [-0.4, -0.2) is 30.0 Å². The third-order valence-electron chi connectivity index (χ3n) is 3.51. The minimum absolute atomic E-state index is 0.420. The maximum Gasteiger partial charge on any atom is 0.314 e. The number of Topliss-reactive ketones (excluding diaryl/α,β-unsaturated/α-hetero) is 1. The summed E-state index contributed by atoms with van der Waals surface area (Å²) in [5.41, 5.74) is 8.93. The molecule has 0 aromatic heterocycles. The van der Waals surface area contributed by atoms with E-state index in [1.54, 1.807) is 6.21 Å². The molecule has 0 bridgehead atoms. The number of benzene rings is 1. The predicted molar refractivity (Wildman–Crippen MR) is 89.0 cm³/mol. The molecule has 1 aromatic carbocycles. The van der Waals surface area contributed by atoms with E-state index in [1.807, 2.05) is 32.9 Å². The number of ketones is 1. The summed E-state index contributed by atoms with van der Waals surface area (Å²) < 4.78 is 0. The van der Waals surface area contributed by atoms with Crippen molar-refractivity contribution in [3.05, 3.63) is 34.4 Å². The molecule has 2 N–H and O–H groups in total. The standard InChI is InChI=1S/C17H25N3O2/c1-5-8-19-20(4)17(22)16(21)15-13(6-2)9-12(11-18)10-14(15)7-3/h8-10H,5-7,11,18H2,1-4H3. The molecule has 120 valence electrons. The molecule has 1 amide bonds. The minimum Gasteiger partial charge on any atom is -0.326 e. The second-order valence-electron chi connectivity index (χ2n) is 5.06. The summed E-state index contributed by atoms with van der Waals surface area (Å²) in [6.45, 7) is 6.27. The van der Waals surface area contributed by atoms with Gasteiger partial charge in [0.2, 0.25) is 0 Å². The topological polar surface area (TPSA) is 75.8 Å². The van der Waals surface area contributed by atoms with Crippen LogP contribution in [0.3, 0.4) is 0 Å². The van der Waals surface area contributed by atoms with Crippen LogP contribution in [-0.2, 0) is 24.2 Å².